The van der Waals surface area contributed by atoms with Crippen LogP contribution in [0.5, 0.6) is 0 Å². The molecule has 0 spiro atoms. The van der Waals surface area contributed by atoms with Crippen molar-refractivity contribution in [2.24, 2.45) is 0 Å². The van der Waals surface area contributed by atoms with Gasteiger partial charge in [-0.05, 0) is 48.5 Å². The van der Waals surface area contributed by atoms with E-state index in [4.69, 9.17) is 0 Å². The second kappa shape index (κ2) is 8.97. The van der Waals surface area contributed by atoms with E-state index < -0.39 is 27.3 Å². The molecule has 0 radical (unpaired) electrons. The van der Waals surface area contributed by atoms with E-state index >= 15 is 0 Å². The van der Waals surface area contributed by atoms with Gasteiger partial charge in [-0.2, -0.15) is 9.78 Å². The molecule has 0 atom stereocenters. The van der Waals surface area contributed by atoms with Crippen LogP contribution in [0.1, 0.15) is 21.6 Å². The summed E-state index contributed by atoms with van der Waals surface area (Å²) >= 11 is 0. The van der Waals surface area contributed by atoms with E-state index in [1.54, 1.807) is 24.3 Å². The highest BCUT2D eigenvalue weighted by Crippen LogP contribution is 2.09. The van der Waals surface area contributed by atoms with E-state index in [0.29, 0.717) is 11.3 Å². The molecule has 1 heterocycles. The Bertz CT molecular complexity index is 1210. The zero-order valence-electron chi connectivity index (χ0n) is 16.0. The molecule has 0 saturated heterocycles. The molecule has 30 heavy (non-hydrogen) atoms. The SMILES string of the molecule is CNS(=O)(=O)Cc1ccc(CNC(=O)c2ccc(=O)n(-c3ccc(F)cc3)n2)cc1. The Morgan fingerprint density at radius 1 is 1.00 bits per heavy atom. The van der Waals surface area contributed by atoms with Gasteiger partial charge in [-0.25, -0.2) is 17.5 Å². The first kappa shape index (κ1) is 21.3. The summed E-state index contributed by atoms with van der Waals surface area (Å²) in [5.41, 5.74) is 1.29. The molecule has 0 aliphatic rings. The van der Waals surface area contributed by atoms with Gasteiger partial charge >= 0.3 is 0 Å². The highest BCUT2D eigenvalue weighted by Gasteiger charge is 2.12. The molecule has 10 heteroatoms. The topological polar surface area (TPSA) is 110 Å². The van der Waals surface area contributed by atoms with E-state index in [-0.39, 0.29) is 18.0 Å². The van der Waals surface area contributed by atoms with Crippen molar-refractivity contribution in [3.63, 3.8) is 0 Å². The molecule has 0 fully saturated rings. The number of aromatic nitrogens is 2. The fourth-order valence-corrected chi connectivity index (χ4v) is 3.39. The van der Waals surface area contributed by atoms with Crippen molar-refractivity contribution in [1.82, 2.24) is 19.8 Å². The summed E-state index contributed by atoms with van der Waals surface area (Å²) in [6.45, 7) is 0.190. The van der Waals surface area contributed by atoms with Gasteiger partial charge in [-0.1, -0.05) is 24.3 Å². The Morgan fingerprint density at radius 3 is 2.27 bits per heavy atom. The first-order valence-electron chi connectivity index (χ1n) is 8.91. The molecule has 0 aliphatic heterocycles. The van der Waals surface area contributed by atoms with E-state index in [1.165, 1.54) is 43.4 Å². The minimum atomic E-state index is -3.36. The standard InChI is InChI=1S/C20H19FN4O4S/c1-22-30(28,29)13-15-4-2-14(3-5-15)12-23-20(27)18-10-11-19(26)25(24-18)17-8-6-16(21)7-9-17/h2-11,22H,12-13H2,1H3,(H,23,27). The van der Waals surface area contributed by atoms with Gasteiger partial charge in [0.05, 0.1) is 11.4 Å². The second-order valence-electron chi connectivity index (χ2n) is 6.41. The van der Waals surface area contributed by atoms with Gasteiger partial charge in [0.1, 0.15) is 11.5 Å². The molecule has 3 aromatic rings. The predicted molar refractivity (Wildman–Crippen MR) is 109 cm³/mol. The average molecular weight is 430 g/mol. The van der Waals surface area contributed by atoms with Crippen LogP contribution >= 0.6 is 0 Å². The molecule has 3 rings (SSSR count). The molecular formula is C20H19FN4O4S. The van der Waals surface area contributed by atoms with Crippen molar-refractivity contribution in [1.29, 1.82) is 0 Å². The monoisotopic (exact) mass is 430 g/mol. The number of nitrogens with one attached hydrogen (secondary N) is 2. The number of benzene rings is 2. The summed E-state index contributed by atoms with van der Waals surface area (Å²) < 4.78 is 39.5. The van der Waals surface area contributed by atoms with Crippen LogP contribution in [0.2, 0.25) is 0 Å². The molecule has 0 aliphatic carbocycles. The summed E-state index contributed by atoms with van der Waals surface area (Å²) in [5, 5.41) is 6.74. The summed E-state index contributed by atoms with van der Waals surface area (Å²) in [6.07, 6.45) is 0. The van der Waals surface area contributed by atoms with Crippen molar-refractivity contribution in [3.8, 4) is 5.69 Å². The van der Waals surface area contributed by atoms with Crippen molar-refractivity contribution in [3.05, 3.63) is 93.7 Å². The number of hydrogen-bond donors (Lipinski definition) is 2. The van der Waals surface area contributed by atoms with Gasteiger partial charge < -0.3 is 5.32 Å². The molecule has 8 nitrogen and oxygen atoms in total. The van der Waals surface area contributed by atoms with Gasteiger partial charge in [0, 0.05) is 12.6 Å². The Balaban J connectivity index is 1.69. The maximum Gasteiger partial charge on any atom is 0.272 e. The smallest absolute Gasteiger partial charge is 0.272 e. The molecule has 1 aromatic heterocycles. The fraction of sp³-hybridized carbons (Fsp3) is 0.150. The van der Waals surface area contributed by atoms with E-state index in [0.717, 1.165) is 10.2 Å². The van der Waals surface area contributed by atoms with E-state index in [2.05, 4.69) is 15.1 Å². The lowest BCUT2D eigenvalue weighted by molar-refractivity contribution is 0.0944. The van der Waals surface area contributed by atoms with E-state index in [1.807, 2.05) is 0 Å². The lowest BCUT2D eigenvalue weighted by Gasteiger charge is -2.09. The van der Waals surface area contributed by atoms with Crippen molar-refractivity contribution in [2.75, 3.05) is 7.05 Å². The van der Waals surface area contributed by atoms with Crippen LogP contribution in [0.25, 0.3) is 5.69 Å². The third-order valence-electron chi connectivity index (χ3n) is 4.25. The number of amides is 1. The van der Waals surface area contributed by atoms with Gasteiger partial charge in [-0.3, -0.25) is 9.59 Å². The zero-order valence-corrected chi connectivity index (χ0v) is 16.8. The molecule has 2 aromatic carbocycles. The highest BCUT2D eigenvalue weighted by atomic mass is 32.2. The molecule has 156 valence electrons. The molecule has 0 bridgehead atoms. The van der Waals surface area contributed by atoms with E-state index in [9.17, 15) is 22.4 Å². The summed E-state index contributed by atoms with van der Waals surface area (Å²) in [7, 11) is -2.00. The van der Waals surface area contributed by atoms with Crippen LogP contribution in [0.4, 0.5) is 4.39 Å². The van der Waals surface area contributed by atoms with Crippen molar-refractivity contribution in [2.45, 2.75) is 12.3 Å². The first-order chi connectivity index (χ1) is 14.3. The Kier molecular flexibility index (Phi) is 6.38. The molecular weight excluding hydrogens is 411 g/mol. The van der Waals surface area contributed by atoms with Crippen molar-refractivity contribution < 1.29 is 17.6 Å². The maximum absolute atomic E-state index is 13.1. The van der Waals surface area contributed by atoms with Crippen LogP contribution in [-0.2, 0) is 22.3 Å². The molecule has 0 unspecified atom stereocenters. The van der Waals surface area contributed by atoms with Crippen LogP contribution in [0, 0.1) is 5.82 Å². The van der Waals surface area contributed by atoms with Gasteiger partial charge in [0.25, 0.3) is 11.5 Å². The number of hydrogen-bond acceptors (Lipinski definition) is 5. The van der Waals surface area contributed by atoms with Crippen LogP contribution in [0.3, 0.4) is 0 Å². The fourth-order valence-electron chi connectivity index (χ4n) is 2.62. The molecule has 0 saturated carbocycles. The average Bonchev–Trinajstić information content (AvgIpc) is 2.74. The molecule has 1 amide bonds. The minimum absolute atomic E-state index is 0.0238. The van der Waals surface area contributed by atoms with Crippen LogP contribution in [0.15, 0.2) is 65.5 Å². The Labute approximate surface area is 172 Å². The normalized spacial score (nSPS) is 11.3. The van der Waals surface area contributed by atoms with Crippen LogP contribution in [-0.4, -0.2) is 31.2 Å². The number of halogens is 1. The molecule has 2 N–H and O–H groups in total. The number of rotatable bonds is 7. The summed E-state index contributed by atoms with van der Waals surface area (Å²) in [4.78, 5) is 24.5. The zero-order chi connectivity index (χ0) is 21.7. The third-order valence-corrected chi connectivity index (χ3v) is 5.58. The summed E-state index contributed by atoms with van der Waals surface area (Å²) in [5.74, 6) is -1.08. The van der Waals surface area contributed by atoms with Gasteiger partial charge in [-0.15, -0.1) is 0 Å². The van der Waals surface area contributed by atoms with Crippen molar-refractivity contribution >= 4 is 15.9 Å². The maximum atomic E-state index is 13.1. The second-order valence-corrected chi connectivity index (χ2v) is 8.33. The lowest BCUT2D eigenvalue weighted by atomic mass is 10.1. The summed E-state index contributed by atoms with van der Waals surface area (Å²) in [6, 6.07) is 14.5. The highest BCUT2D eigenvalue weighted by molar-refractivity contribution is 7.88. The number of nitrogens with zero attached hydrogens (tertiary/aromatic N) is 2. The van der Waals surface area contributed by atoms with Gasteiger partial charge in [0.15, 0.2) is 0 Å². The largest absolute Gasteiger partial charge is 0.347 e. The first-order valence-corrected chi connectivity index (χ1v) is 10.6. The minimum Gasteiger partial charge on any atom is -0.347 e. The Hall–Kier alpha value is -3.37. The van der Waals surface area contributed by atoms with Gasteiger partial charge in [0.2, 0.25) is 10.0 Å². The lowest BCUT2D eigenvalue weighted by Crippen LogP contribution is -2.28. The quantitative estimate of drug-likeness (QED) is 0.588. The number of carbonyl (C=O) groups excluding carboxylic acids is 1. The third kappa shape index (κ3) is 5.37. The number of carbonyl (C=O) groups is 1. The Morgan fingerprint density at radius 2 is 1.63 bits per heavy atom. The predicted octanol–water partition coefficient (Wildman–Crippen LogP) is 1.35. The number of sulfonamides is 1. The van der Waals surface area contributed by atoms with Crippen LogP contribution < -0.4 is 15.6 Å².